The largest absolute Gasteiger partial charge is 0.434 e. The van der Waals surface area contributed by atoms with E-state index in [1.807, 2.05) is 6.07 Å². The molecule has 2 N–H and O–H groups in total. The third-order valence-corrected chi connectivity index (χ3v) is 5.52. The Morgan fingerprint density at radius 2 is 1.86 bits per heavy atom. The summed E-state index contributed by atoms with van der Waals surface area (Å²) < 4.78 is 41.8. The van der Waals surface area contributed by atoms with Gasteiger partial charge in [-0.3, -0.25) is 4.57 Å². The van der Waals surface area contributed by atoms with Crippen LogP contribution in [0.1, 0.15) is 11.3 Å². The van der Waals surface area contributed by atoms with Gasteiger partial charge in [0.1, 0.15) is 17.2 Å². The van der Waals surface area contributed by atoms with Gasteiger partial charge in [0, 0.05) is 32.1 Å². The summed E-state index contributed by atoms with van der Waals surface area (Å²) in [6.07, 6.45) is -0.367. The molecule has 9 nitrogen and oxygen atoms in total. The number of aryl methyl sites for hydroxylation is 1. The number of aromatic nitrogens is 7. The molecule has 5 rings (SSSR count). The summed E-state index contributed by atoms with van der Waals surface area (Å²) in [6.45, 7) is 0.204. The lowest BCUT2D eigenvalue weighted by atomic mass is 10.1. The maximum atomic E-state index is 13.0. The number of hydrogen-bond acceptors (Lipinski definition) is 6. The van der Waals surface area contributed by atoms with Crippen LogP contribution in [0.2, 0.25) is 0 Å². The lowest BCUT2D eigenvalue weighted by Gasteiger charge is -2.08. The van der Waals surface area contributed by atoms with Gasteiger partial charge in [0.25, 0.3) is 0 Å². The van der Waals surface area contributed by atoms with Gasteiger partial charge in [-0.2, -0.15) is 13.2 Å². The summed E-state index contributed by atoms with van der Waals surface area (Å²) >= 11 is 0. The number of nitrogens with zero attached hydrogens (tertiary/aromatic N) is 6. The first-order valence-corrected chi connectivity index (χ1v) is 10.5. The predicted molar refractivity (Wildman–Crippen MR) is 124 cm³/mol. The number of pyridine rings is 1. The lowest BCUT2D eigenvalue weighted by Crippen LogP contribution is -2.17. The van der Waals surface area contributed by atoms with E-state index in [9.17, 15) is 18.0 Å². The van der Waals surface area contributed by atoms with E-state index >= 15 is 0 Å². The number of hydrogen-bond donors (Lipinski definition) is 2. The van der Waals surface area contributed by atoms with Crippen molar-refractivity contribution in [3.8, 4) is 22.8 Å². The molecule has 35 heavy (non-hydrogen) atoms. The first-order chi connectivity index (χ1) is 16.7. The number of aromatic amines is 1. The van der Waals surface area contributed by atoms with Crippen LogP contribution >= 0.6 is 0 Å². The standard InChI is InChI=1S/C23H19F3N8O/c1-27-18-15(4-3-9-28-18)19-29-10-16-21(32-19)34(22(35)30-16)11-13-5-7-14(8-6-13)20-31-17(12-33(20)2)23(24,25)26/h3-10,12H,11H2,1-2H3,(H,27,28)(H,30,35). The van der Waals surface area contributed by atoms with E-state index < -0.39 is 11.9 Å². The molecule has 0 atom stereocenters. The van der Waals surface area contributed by atoms with Gasteiger partial charge in [-0.1, -0.05) is 24.3 Å². The Bertz CT molecular complexity index is 1580. The zero-order chi connectivity index (χ0) is 24.7. The monoisotopic (exact) mass is 480 g/mol. The zero-order valence-corrected chi connectivity index (χ0v) is 18.6. The average Bonchev–Trinajstić information content (AvgIpc) is 3.39. The van der Waals surface area contributed by atoms with Crippen LogP contribution in [0.15, 0.2) is 59.8 Å². The second-order valence-corrected chi connectivity index (χ2v) is 7.85. The number of imidazole rings is 2. The molecule has 4 heterocycles. The molecule has 0 aliphatic rings. The van der Waals surface area contributed by atoms with E-state index in [0.29, 0.717) is 33.9 Å². The Morgan fingerprint density at radius 1 is 1.09 bits per heavy atom. The summed E-state index contributed by atoms with van der Waals surface area (Å²) in [4.78, 5) is 32.3. The minimum absolute atomic E-state index is 0.197. The van der Waals surface area contributed by atoms with Crippen LogP contribution in [-0.2, 0) is 19.8 Å². The van der Waals surface area contributed by atoms with Gasteiger partial charge < -0.3 is 14.9 Å². The Labute approximate surface area is 196 Å². The number of H-pyrrole nitrogens is 1. The summed E-state index contributed by atoms with van der Waals surface area (Å²) in [5.74, 6) is 1.21. The molecule has 5 aromatic rings. The Morgan fingerprint density at radius 3 is 2.54 bits per heavy atom. The highest BCUT2D eigenvalue weighted by molar-refractivity contribution is 5.76. The van der Waals surface area contributed by atoms with Crippen LogP contribution in [0, 0.1) is 0 Å². The molecule has 0 saturated heterocycles. The second-order valence-electron chi connectivity index (χ2n) is 7.85. The molecule has 0 aliphatic carbocycles. The minimum Gasteiger partial charge on any atom is -0.373 e. The van der Waals surface area contributed by atoms with Crippen molar-refractivity contribution in [1.82, 2.24) is 34.1 Å². The number of halogens is 3. The molecule has 0 spiro atoms. The zero-order valence-electron chi connectivity index (χ0n) is 18.6. The van der Waals surface area contributed by atoms with Gasteiger partial charge >= 0.3 is 11.9 Å². The van der Waals surface area contributed by atoms with Crippen molar-refractivity contribution in [2.24, 2.45) is 7.05 Å². The third-order valence-electron chi connectivity index (χ3n) is 5.52. The molecular formula is C23H19F3N8O. The van der Waals surface area contributed by atoms with Crippen molar-refractivity contribution in [3.05, 3.63) is 76.7 Å². The van der Waals surface area contributed by atoms with E-state index in [-0.39, 0.29) is 18.1 Å². The fourth-order valence-corrected chi connectivity index (χ4v) is 3.82. The normalized spacial score (nSPS) is 11.8. The molecule has 12 heteroatoms. The summed E-state index contributed by atoms with van der Waals surface area (Å²) in [7, 11) is 3.26. The minimum atomic E-state index is -4.52. The highest BCUT2D eigenvalue weighted by Crippen LogP contribution is 2.30. The summed E-state index contributed by atoms with van der Waals surface area (Å²) in [6, 6.07) is 10.4. The van der Waals surface area contributed by atoms with Gasteiger partial charge in [0.05, 0.1) is 18.3 Å². The molecule has 0 bridgehead atoms. The Balaban J connectivity index is 1.47. The van der Waals surface area contributed by atoms with Crippen LogP contribution in [0.4, 0.5) is 19.0 Å². The highest BCUT2D eigenvalue weighted by Gasteiger charge is 2.34. The number of anilines is 1. The molecular weight excluding hydrogens is 461 g/mol. The van der Waals surface area contributed by atoms with Gasteiger partial charge in [0.15, 0.2) is 17.2 Å². The molecule has 0 aliphatic heterocycles. The van der Waals surface area contributed by atoms with Crippen molar-refractivity contribution in [1.29, 1.82) is 0 Å². The molecule has 0 radical (unpaired) electrons. The number of benzene rings is 1. The third kappa shape index (κ3) is 4.14. The van der Waals surface area contributed by atoms with E-state index in [1.165, 1.54) is 16.2 Å². The first kappa shape index (κ1) is 22.3. The number of alkyl halides is 3. The second kappa shape index (κ2) is 8.38. The number of nitrogens with one attached hydrogen (secondary N) is 2. The SMILES string of the molecule is CNc1ncccc1-c1ncc2[nH]c(=O)n(Cc3ccc(-c4nc(C(F)(F)F)cn4C)cc3)c2n1. The maximum absolute atomic E-state index is 13.0. The van der Waals surface area contributed by atoms with E-state index in [2.05, 4.69) is 30.2 Å². The van der Waals surface area contributed by atoms with Gasteiger partial charge in [-0.25, -0.2) is 24.7 Å². The molecule has 178 valence electrons. The highest BCUT2D eigenvalue weighted by atomic mass is 19.4. The van der Waals surface area contributed by atoms with E-state index in [4.69, 9.17) is 0 Å². The molecule has 4 aromatic heterocycles. The van der Waals surface area contributed by atoms with Crippen LogP contribution in [0.25, 0.3) is 33.9 Å². The van der Waals surface area contributed by atoms with E-state index in [1.54, 1.807) is 49.8 Å². The summed E-state index contributed by atoms with van der Waals surface area (Å²) in [5, 5.41) is 3.00. The topological polar surface area (TPSA) is 106 Å². The smallest absolute Gasteiger partial charge is 0.373 e. The summed E-state index contributed by atoms with van der Waals surface area (Å²) in [5.41, 5.74) is 1.59. The molecule has 0 saturated carbocycles. The van der Waals surface area contributed by atoms with Crippen LogP contribution in [0.5, 0.6) is 0 Å². The van der Waals surface area contributed by atoms with Crippen molar-refractivity contribution >= 4 is 17.0 Å². The van der Waals surface area contributed by atoms with Crippen LogP contribution in [-0.4, -0.2) is 41.1 Å². The Kier molecular flexibility index (Phi) is 5.35. The average molecular weight is 480 g/mol. The molecule has 1 aromatic carbocycles. The quantitative estimate of drug-likeness (QED) is 0.398. The van der Waals surface area contributed by atoms with Gasteiger partial charge in [0.2, 0.25) is 0 Å². The van der Waals surface area contributed by atoms with Crippen molar-refractivity contribution in [2.75, 3.05) is 12.4 Å². The molecule has 0 amide bonds. The van der Waals surface area contributed by atoms with Gasteiger partial charge in [-0.15, -0.1) is 0 Å². The van der Waals surface area contributed by atoms with E-state index in [0.717, 1.165) is 11.8 Å². The van der Waals surface area contributed by atoms with Crippen LogP contribution in [0.3, 0.4) is 0 Å². The first-order valence-electron chi connectivity index (χ1n) is 10.5. The maximum Gasteiger partial charge on any atom is 0.434 e. The van der Waals surface area contributed by atoms with Crippen molar-refractivity contribution in [3.63, 3.8) is 0 Å². The van der Waals surface area contributed by atoms with Gasteiger partial charge in [-0.05, 0) is 17.7 Å². The lowest BCUT2D eigenvalue weighted by molar-refractivity contribution is -0.140. The van der Waals surface area contributed by atoms with Crippen LogP contribution < -0.4 is 11.0 Å². The fourth-order valence-electron chi connectivity index (χ4n) is 3.82. The molecule has 0 unspecified atom stereocenters. The Hall–Kier alpha value is -4.48. The molecule has 0 fully saturated rings. The van der Waals surface area contributed by atoms with Crippen molar-refractivity contribution in [2.45, 2.75) is 12.7 Å². The number of fused-ring (bicyclic) bond motifs is 1. The predicted octanol–water partition coefficient (Wildman–Crippen LogP) is 3.69. The fraction of sp³-hybridized carbons (Fsp3) is 0.174. The number of rotatable bonds is 5. The van der Waals surface area contributed by atoms with Crippen molar-refractivity contribution < 1.29 is 13.2 Å².